The van der Waals surface area contributed by atoms with E-state index >= 15 is 0 Å². The Hall–Kier alpha value is -4.08. The van der Waals surface area contributed by atoms with E-state index in [-0.39, 0.29) is 134 Å². The van der Waals surface area contributed by atoms with Gasteiger partial charge in [0.2, 0.25) is 11.6 Å². The van der Waals surface area contributed by atoms with Crippen LogP contribution in [0.15, 0.2) is 122 Å². The van der Waals surface area contributed by atoms with E-state index in [9.17, 15) is 53.3 Å². The molecule has 25 heteroatoms. The number of hydrazone groups is 2. The third-order valence-electron chi connectivity index (χ3n) is 8.91. The number of hydrogen-bond donors (Lipinski definition) is 4. The minimum absolute atomic E-state index is 0. The largest absolute Gasteiger partial charge is 1.00 e. The van der Waals surface area contributed by atoms with Crippen molar-refractivity contribution in [3.8, 4) is 5.75 Å². The predicted octanol–water partition coefficient (Wildman–Crippen LogP) is -4.49. The number of nitrogens with one attached hydrogen (secondary N) is 4. The van der Waals surface area contributed by atoms with E-state index in [1.165, 1.54) is 73.8 Å². The third-order valence-corrected chi connectivity index (χ3v) is 11.4. The monoisotopic (exact) mass is 938 g/mol. The Bertz CT molecular complexity index is 3200. The molecule has 5 aromatic carbocycles. The SMILES string of the molecule is COc1ccccc1N/N=C1/C(=O)c2ccc(NC(=O)Nc3ccc4c(c3)C=C(S(=O)(=O)[O-])/C(=N/Nc3ccc5cc(S(=O)(=O)[O-])ccc5c3)C4=O)cc2C=C1S(=O)(=O)[O-].[Na+].[Na+].[Na+]. The molecule has 306 valence electrons. The first-order valence-electron chi connectivity index (χ1n) is 16.9. The van der Waals surface area contributed by atoms with Crippen LogP contribution in [0, 0.1) is 0 Å². The first kappa shape index (κ1) is 51.6. The zero-order valence-electron chi connectivity index (χ0n) is 33.3. The van der Waals surface area contributed by atoms with Crippen molar-refractivity contribution in [1.82, 2.24) is 0 Å². The van der Waals surface area contributed by atoms with Gasteiger partial charge in [-0.1, -0.05) is 24.3 Å². The van der Waals surface area contributed by atoms with Crippen LogP contribution in [0.2, 0.25) is 0 Å². The Balaban J connectivity index is 0.00000290. The average molecular weight is 939 g/mol. The third kappa shape index (κ3) is 11.6. The summed E-state index contributed by atoms with van der Waals surface area (Å²) in [5.41, 5.74) is 4.07. The van der Waals surface area contributed by atoms with Crippen molar-refractivity contribution in [2.45, 2.75) is 4.90 Å². The molecule has 0 radical (unpaired) electrons. The number of Topliss-reactive ketones (excluding diaryl/α,β-unsaturated/α-hetero) is 2. The second-order valence-electron chi connectivity index (χ2n) is 12.8. The van der Waals surface area contributed by atoms with Crippen molar-refractivity contribution in [1.29, 1.82) is 0 Å². The maximum atomic E-state index is 13.5. The molecular weight excluding hydrogens is 914 g/mol. The van der Waals surface area contributed by atoms with Crippen molar-refractivity contribution < 1.29 is 147 Å². The summed E-state index contributed by atoms with van der Waals surface area (Å²) in [5, 5.41) is 13.6. The number of rotatable bonds is 10. The fraction of sp³-hybridized carbons (Fsp3) is 0.0263. The van der Waals surface area contributed by atoms with Gasteiger partial charge in [0.15, 0.2) is 0 Å². The zero-order chi connectivity index (χ0) is 43.1. The van der Waals surface area contributed by atoms with E-state index in [2.05, 4.69) is 31.7 Å². The van der Waals surface area contributed by atoms with Crippen LogP contribution in [0.1, 0.15) is 31.8 Å². The van der Waals surface area contributed by atoms with E-state index in [1.807, 2.05) is 0 Å². The van der Waals surface area contributed by atoms with Crippen LogP contribution in [-0.4, -0.2) is 75.0 Å². The number of ketones is 2. The molecule has 0 spiro atoms. The molecule has 63 heavy (non-hydrogen) atoms. The number of allylic oxidation sites excluding steroid dienone is 2. The number of methoxy groups -OCH3 is 1. The van der Waals surface area contributed by atoms with E-state index in [4.69, 9.17) is 4.74 Å². The summed E-state index contributed by atoms with van der Waals surface area (Å²) >= 11 is 0. The van der Waals surface area contributed by atoms with Gasteiger partial charge in [-0.25, -0.2) is 30.0 Å². The van der Waals surface area contributed by atoms with E-state index in [0.717, 1.165) is 18.2 Å². The van der Waals surface area contributed by atoms with Gasteiger partial charge in [-0.3, -0.25) is 20.4 Å². The van der Waals surface area contributed by atoms with Crippen LogP contribution in [-0.2, 0) is 30.4 Å². The van der Waals surface area contributed by atoms with E-state index in [0.29, 0.717) is 16.5 Å². The molecular formula is C38H25N6Na3O13S3. The van der Waals surface area contributed by atoms with Crippen LogP contribution < -0.4 is 115 Å². The van der Waals surface area contributed by atoms with Crippen molar-refractivity contribution in [2.24, 2.45) is 10.2 Å². The van der Waals surface area contributed by atoms with Crippen molar-refractivity contribution >= 4 is 105 Å². The summed E-state index contributed by atoms with van der Waals surface area (Å²) in [4.78, 5) is 37.6. The number of nitrogens with zero attached hydrogens (tertiary/aromatic N) is 2. The van der Waals surface area contributed by atoms with Gasteiger partial charge in [-0.05, 0) is 107 Å². The molecule has 0 unspecified atom stereocenters. The summed E-state index contributed by atoms with van der Waals surface area (Å²) < 4.78 is 113. The van der Waals surface area contributed by atoms with E-state index in [1.54, 1.807) is 24.3 Å². The van der Waals surface area contributed by atoms with Gasteiger partial charge in [0.05, 0.1) is 33.2 Å². The quantitative estimate of drug-likeness (QED) is 0.0583. The smallest absolute Gasteiger partial charge is 0.744 e. The summed E-state index contributed by atoms with van der Waals surface area (Å²) in [6, 6.07) is 21.2. The van der Waals surface area contributed by atoms with Gasteiger partial charge in [0, 0.05) is 22.5 Å². The topological polar surface area (TPSA) is 305 Å². The molecule has 7 rings (SSSR count). The number of hydrogen-bond acceptors (Lipinski definition) is 17. The maximum absolute atomic E-state index is 13.5. The predicted molar refractivity (Wildman–Crippen MR) is 217 cm³/mol. The number of anilines is 4. The maximum Gasteiger partial charge on any atom is 1.00 e. The number of carbonyl (C=O) groups is 3. The Morgan fingerprint density at radius 2 is 1.05 bits per heavy atom. The normalized spacial score (nSPS) is 14.7. The second kappa shape index (κ2) is 20.4. The van der Waals surface area contributed by atoms with Gasteiger partial charge in [0.25, 0.3) is 0 Å². The van der Waals surface area contributed by atoms with Gasteiger partial charge < -0.3 is 29.0 Å². The van der Waals surface area contributed by atoms with Crippen LogP contribution in [0.25, 0.3) is 22.9 Å². The number of benzene rings is 5. The van der Waals surface area contributed by atoms with Crippen molar-refractivity contribution in [3.05, 3.63) is 129 Å². The molecule has 0 atom stereocenters. The number of fused-ring (bicyclic) bond motifs is 3. The molecule has 0 bridgehead atoms. The molecule has 0 heterocycles. The molecule has 0 aromatic heterocycles. The fourth-order valence-corrected chi connectivity index (χ4v) is 7.94. The minimum atomic E-state index is -5.30. The van der Waals surface area contributed by atoms with Crippen LogP contribution >= 0.6 is 0 Å². The van der Waals surface area contributed by atoms with Gasteiger partial charge in [-0.15, -0.1) is 0 Å². The summed E-state index contributed by atoms with van der Waals surface area (Å²) in [5.74, 6) is -1.52. The number of para-hydroxylation sites is 2. The number of carbonyl (C=O) groups excluding carboxylic acids is 3. The van der Waals surface area contributed by atoms with Gasteiger partial charge >= 0.3 is 94.7 Å². The Labute approximate surface area is 425 Å². The Morgan fingerprint density at radius 3 is 1.56 bits per heavy atom. The summed E-state index contributed by atoms with van der Waals surface area (Å²) in [7, 11) is -13.9. The zero-order valence-corrected chi connectivity index (χ0v) is 41.8. The number of ether oxygens (including phenoxy) is 1. The van der Waals surface area contributed by atoms with Crippen LogP contribution in [0.3, 0.4) is 0 Å². The van der Waals surface area contributed by atoms with Gasteiger partial charge in [0.1, 0.15) is 47.5 Å². The van der Waals surface area contributed by atoms with E-state index < -0.39 is 74.1 Å². The van der Waals surface area contributed by atoms with Crippen molar-refractivity contribution in [2.75, 3.05) is 28.6 Å². The molecule has 0 aliphatic heterocycles. The molecule has 2 aliphatic carbocycles. The molecule has 4 N–H and O–H groups in total. The van der Waals surface area contributed by atoms with Crippen LogP contribution in [0.5, 0.6) is 5.75 Å². The molecule has 0 fully saturated rings. The molecule has 5 aromatic rings. The fourth-order valence-electron chi connectivity index (χ4n) is 6.14. The van der Waals surface area contributed by atoms with Gasteiger partial charge in [-0.2, -0.15) is 10.2 Å². The summed E-state index contributed by atoms with van der Waals surface area (Å²) in [6.45, 7) is 0. The Morgan fingerprint density at radius 1 is 0.571 bits per heavy atom. The van der Waals surface area contributed by atoms with Crippen LogP contribution in [0.4, 0.5) is 27.5 Å². The Kier molecular flexibility index (Phi) is 16.7. The van der Waals surface area contributed by atoms with Crippen molar-refractivity contribution in [3.63, 3.8) is 0 Å². The summed E-state index contributed by atoms with van der Waals surface area (Å²) in [6.07, 6.45) is 1.85. The molecule has 2 amide bonds. The molecule has 19 nitrogen and oxygen atoms in total. The number of amides is 2. The number of urea groups is 1. The average Bonchev–Trinajstić information content (AvgIpc) is 3.18. The standard InChI is InChI=1S/C38H28N6O13S3.3Na/c1-57-31-5-3-2-4-30(31)42-44-35-33(60(54,55)56)19-23-16-25(10-13-29(23)37(35)46)40-38(47)39-24-9-12-28-22(15-24)18-32(59(51,52)53)34(36(28)45)43-41-26-8-6-21-17-27(58(48,49)50)11-7-20(21)14-26;;;/h2-19,41-42H,1H3,(H2,39,40,47)(H,48,49,50)(H,51,52,53)(H,54,55,56);;;/q;3*+1/p-3/b43-34-,44-35+;;;. The second-order valence-corrected chi connectivity index (χ2v) is 16.9. The molecule has 0 saturated heterocycles. The first-order valence-corrected chi connectivity index (χ1v) is 21.1. The molecule has 0 saturated carbocycles. The first-order chi connectivity index (χ1) is 28.3. The minimum Gasteiger partial charge on any atom is -0.744 e. The molecule has 2 aliphatic rings.